The largest absolute Gasteiger partial charge is 0.316 e. The standard InChI is InChI=1S/C17H30ClN3/c1-4-21-17(16(18)12-20-21)15-9-7-5-6-8-14(15)11-19-10-13(2)3/h12-15,19H,4-11H2,1-3H3. The minimum Gasteiger partial charge on any atom is -0.316 e. The normalized spacial score (nSPS) is 23.5. The van der Waals surface area contributed by atoms with Gasteiger partial charge in [0.2, 0.25) is 0 Å². The molecule has 2 rings (SSSR count). The van der Waals surface area contributed by atoms with Crippen molar-refractivity contribution in [1.82, 2.24) is 15.1 Å². The van der Waals surface area contributed by atoms with E-state index in [1.54, 1.807) is 0 Å². The second-order valence-corrected chi connectivity index (χ2v) is 7.16. The third kappa shape index (κ3) is 4.46. The van der Waals surface area contributed by atoms with E-state index < -0.39 is 0 Å². The average molecular weight is 312 g/mol. The van der Waals surface area contributed by atoms with E-state index in [9.17, 15) is 0 Å². The monoisotopic (exact) mass is 311 g/mol. The molecular weight excluding hydrogens is 282 g/mol. The highest BCUT2D eigenvalue weighted by molar-refractivity contribution is 6.31. The molecule has 2 atom stereocenters. The topological polar surface area (TPSA) is 29.9 Å². The number of halogens is 1. The van der Waals surface area contributed by atoms with Gasteiger partial charge in [-0.1, -0.05) is 44.7 Å². The van der Waals surface area contributed by atoms with Crippen molar-refractivity contribution in [3.05, 3.63) is 16.9 Å². The third-order valence-electron chi connectivity index (χ3n) is 4.60. The van der Waals surface area contributed by atoms with Gasteiger partial charge in [0.15, 0.2) is 0 Å². The second-order valence-electron chi connectivity index (χ2n) is 6.75. The van der Waals surface area contributed by atoms with Gasteiger partial charge in [0.05, 0.1) is 16.9 Å². The molecule has 0 aliphatic heterocycles. The predicted molar refractivity (Wildman–Crippen MR) is 89.9 cm³/mol. The first-order valence-corrected chi connectivity index (χ1v) is 8.93. The van der Waals surface area contributed by atoms with E-state index in [2.05, 4.69) is 35.9 Å². The van der Waals surface area contributed by atoms with Gasteiger partial charge in [0.1, 0.15) is 0 Å². The summed E-state index contributed by atoms with van der Waals surface area (Å²) >= 11 is 6.46. The van der Waals surface area contributed by atoms with E-state index in [0.29, 0.717) is 17.8 Å². The summed E-state index contributed by atoms with van der Waals surface area (Å²) in [7, 11) is 0. The maximum Gasteiger partial charge on any atom is 0.0820 e. The summed E-state index contributed by atoms with van der Waals surface area (Å²) in [6, 6.07) is 0. The van der Waals surface area contributed by atoms with Gasteiger partial charge >= 0.3 is 0 Å². The Morgan fingerprint density at radius 2 is 2.10 bits per heavy atom. The van der Waals surface area contributed by atoms with Crippen molar-refractivity contribution < 1.29 is 0 Å². The summed E-state index contributed by atoms with van der Waals surface area (Å²) < 4.78 is 2.10. The van der Waals surface area contributed by atoms with Crippen molar-refractivity contribution in [2.45, 2.75) is 65.3 Å². The van der Waals surface area contributed by atoms with Crippen LogP contribution in [0.5, 0.6) is 0 Å². The van der Waals surface area contributed by atoms with E-state index in [1.165, 1.54) is 37.8 Å². The van der Waals surface area contributed by atoms with Crippen LogP contribution in [0.1, 0.15) is 64.5 Å². The SMILES string of the molecule is CCn1ncc(Cl)c1C1CCCCCC1CNCC(C)C. The fourth-order valence-electron chi connectivity index (χ4n) is 3.54. The molecule has 0 bridgehead atoms. The molecule has 1 aliphatic rings. The maximum absolute atomic E-state index is 6.46. The molecule has 0 radical (unpaired) electrons. The highest BCUT2D eigenvalue weighted by Gasteiger charge is 2.29. The molecule has 120 valence electrons. The molecule has 1 saturated carbocycles. The van der Waals surface area contributed by atoms with Gasteiger partial charge < -0.3 is 5.32 Å². The Kier molecular flexibility index (Phi) is 6.56. The van der Waals surface area contributed by atoms with E-state index in [4.69, 9.17) is 11.6 Å². The van der Waals surface area contributed by atoms with E-state index >= 15 is 0 Å². The lowest BCUT2D eigenvalue weighted by Gasteiger charge is -2.27. The number of nitrogens with zero attached hydrogens (tertiary/aromatic N) is 2. The van der Waals surface area contributed by atoms with Crippen molar-refractivity contribution >= 4 is 11.6 Å². The molecule has 1 aromatic heterocycles. The molecule has 0 saturated heterocycles. The van der Waals surface area contributed by atoms with Gasteiger partial charge in [0, 0.05) is 12.5 Å². The second kappa shape index (κ2) is 8.19. The number of hydrogen-bond acceptors (Lipinski definition) is 2. The molecule has 21 heavy (non-hydrogen) atoms. The highest BCUT2D eigenvalue weighted by Crippen LogP contribution is 2.39. The Labute approximate surface area is 134 Å². The first-order valence-electron chi connectivity index (χ1n) is 8.55. The lowest BCUT2D eigenvalue weighted by Crippen LogP contribution is -2.30. The van der Waals surface area contributed by atoms with Gasteiger partial charge in [-0.3, -0.25) is 4.68 Å². The van der Waals surface area contributed by atoms with E-state index in [1.807, 2.05) is 6.20 Å². The van der Waals surface area contributed by atoms with Crippen LogP contribution in [-0.4, -0.2) is 22.9 Å². The van der Waals surface area contributed by atoms with Crippen LogP contribution in [0.25, 0.3) is 0 Å². The van der Waals surface area contributed by atoms with Crippen LogP contribution in [0.3, 0.4) is 0 Å². The number of nitrogens with one attached hydrogen (secondary N) is 1. The molecule has 1 fully saturated rings. The first kappa shape index (κ1) is 16.8. The highest BCUT2D eigenvalue weighted by atomic mass is 35.5. The number of aryl methyl sites for hydroxylation is 1. The quantitative estimate of drug-likeness (QED) is 0.786. The van der Waals surface area contributed by atoms with Crippen LogP contribution in [0, 0.1) is 11.8 Å². The molecule has 2 unspecified atom stereocenters. The van der Waals surface area contributed by atoms with Crippen molar-refractivity contribution in [1.29, 1.82) is 0 Å². The number of rotatable bonds is 6. The summed E-state index contributed by atoms with van der Waals surface area (Å²) in [6.45, 7) is 9.79. The maximum atomic E-state index is 6.46. The molecule has 3 nitrogen and oxygen atoms in total. The Morgan fingerprint density at radius 1 is 1.33 bits per heavy atom. The molecule has 0 aromatic carbocycles. The van der Waals surface area contributed by atoms with Gasteiger partial charge in [0.25, 0.3) is 0 Å². The summed E-state index contributed by atoms with van der Waals surface area (Å²) in [5, 5.41) is 8.96. The van der Waals surface area contributed by atoms with Crippen LogP contribution in [0.15, 0.2) is 6.20 Å². The molecule has 1 aliphatic carbocycles. The molecular formula is C17H30ClN3. The van der Waals surface area contributed by atoms with Crippen LogP contribution >= 0.6 is 11.6 Å². The molecule has 1 N–H and O–H groups in total. The average Bonchev–Trinajstić information content (AvgIpc) is 2.67. The lowest BCUT2D eigenvalue weighted by atomic mass is 9.85. The summed E-state index contributed by atoms with van der Waals surface area (Å²) in [6.07, 6.45) is 8.40. The van der Waals surface area contributed by atoms with Crippen LogP contribution in [0.2, 0.25) is 5.02 Å². The molecule has 0 spiro atoms. The Hall–Kier alpha value is -0.540. The Morgan fingerprint density at radius 3 is 2.81 bits per heavy atom. The minimum absolute atomic E-state index is 0.558. The van der Waals surface area contributed by atoms with Gasteiger partial charge in [-0.05, 0) is 44.7 Å². The fourth-order valence-corrected chi connectivity index (χ4v) is 3.82. The Balaban J connectivity index is 2.13. The zero-order valence-corrected chi connectivity index (χ0v) is 14.5. The Bertz CT molecular complexity index is 428. The summed E-state index contributed by atoms with van der Waals surface area (Å²) in [4.78, 5) is 0. The number of hydrogen-bond donors (Lipinski definition) is 1. The van der Waals surface area contributed by atoms with Crippen LogP contribution in [0.4, 0.5) is 0 Å². The fraction of sp³-hybridized carbons (Fsp3) is 0.824. The minimum atomic E-state index is 0.558. The zero-order valence-electron chi connectivity index (χ0n) is 13.7. The van der Waals surface area contributed by atoms with Crippen LogP contribution < -0.4 is 5.32 Å². The van der Waals surface area contributed by atoms with Gasteiger partial charge in [-0.2, -0.15) is 5.10 Å². The lowest BCUT2D eigenvalue weighted by molar-refractivity contribution is 0.351. The predicted octanol–water partition coefficient (Wildman–Crippen LogP) is 4.47. The van der Waals surface area contributed by atoms with Crippen molar-refractivity contribution in [3.63, 3.8) is 0 Å². The van der Waals surface area contributed by atoms with Crippen LogP contribution in [-0.2, 0) is 6.54 Å². The molecule has 4 heteroatoms. The third-order valence-corrected chi connectivity index (χ3v) is 4.89. The summed E-state index contributed by atoms with van der Waals surface area (Å²) in [5.41, 5.74) is 1.28. The van der Waals surface area contributed by atoms with E-state index in [0.717, 1.165) is 24.7 Å². The van der Waals surface area contributed by atoms with Crippen molar-refractivity contribution in [2.75, 3.05) is 13.1 Å². The van der Waals surface area contributed by atoms with Crippen molar-refractivity contribution in [3.8, 4) is 0 Å². The molecule has 1 aromatic rings. The van der Waals surface area contributed by atoms with Gasteiger partial charge in [-0.15, -0.1) is 0 Å². The first-order chi connectivity index (χ1) is 10.1. The molecule has 0 amide bonds. The van der Waals surface area contributed by atoms with Crippen molar-refractivity contribution in [2.24, 2.45) is 11.8 Å². The summed E-state index contributed by atoms with van der Waals surface area (Å²) in [5.74, 6) is 1.95. The smallest absolute Gasteiger partial charge is 0.0820 e. The van der Waals surface area contributed by atoms with E-state index in [-0.39, 0.29) is 0 Å². The zero-order chi connectivity index (χ0) is 15.2. The number of aromatic nitrogens is 2. The molecule has 1 heterocycles. The van der Waals surface area contributed by atoms with Gasteiger partial charge in [-0.25, -0.2) is 0 Å².